The quantitative estimate of drug-likeness (QED) is 0.741. The molecule has 0 aliphatic rings. The van der Waals surface area contributed by atoms with Crippen molar-refractivity contribution in [2.75, 3.05) is 5.32 Å². The SMILES string of the molecule is Cc1ccccc1Nc1nnc(Cc2ccc(C(C)C)cc2)c(=O)[nH]1. The summed E-state index contributed by atoms with van der Waals surface area (Å²) in [6.45, 7) is 6.31. The molecule has 2 aromatic carbocycles. The Kier molecular flexibility index (Phi) is 4.93. The second-order valence-corrected chi connectivity index (χ2v) is 6.46. The van der Waals surface area contributed by atoms with Crippen LogP contribution in [-0.2, 0) is 6.42 Å². The van der Waals surface area contributed by atoms with Crippen molar-refractivity contribution in [3.05, 3.63) is 81.3 Å². The highest BCUT2D eigenvalue weighted by Crippen LogP contribution is 2.17. The molecular weight excluding hydrogens is 312 g/mol. The fourth-order valence-electron chi connectivity index (χ4n) is 2.59. The summed E-state index contributed by atoms with van der Waals surface area (Å²) in [4.78, 5) is 15.1. The monoisotopic (exact) mass is 334 g/mol. The molecule has 0 spiro atoms. The minimum atomic E-state index is -0.223. The van der Waals surface area contributed by atoms with Crippen molar-refractivity contribution in [3.8, 4) is 0 Å². The van der Waals surface area contributed by atoms with Crippen LogP contribution in [0.3, 0.4) is 0 Å². The third kappa shape index (κ3) is 4.12. The lowest BCUT2D eigenvalue weighted by Gasteiger charge is -2.08. The summed E-state index contributed by atoms with van der Waals surface area (Å²) in [5.41, 5.74) is 4.47. The third-order valence-corrected chi connectivity index (χ3v) is 4.18. The van der Waals surface area contributed by atoms with Gasteiger partial charge in [-0.1, -0.05) is 56.3 Å². The molecule has 25 heavy (non-hydrogen) atoms. The number of rotatable bonds is 5. The predicted octanol–water partition coefficient (Wildman–Crippen LogP) is 3.93. The Morgan fingerprint density at radius 3 is 2.40 bits per heavy atom. The summed E-state index contributed by atoms with van der Waals surface area (Å²) in [5, 5.41) is 11.3. The summed E-state index contributed by atoms with van der Waals surface area (Å²) in [6, 6.07) is 16.1. The lowest BCUT2D eigenvalue weighted by Crippen LogP contribution is -2.19. The Morgan fingerprint density at radius 1 is 1.04 bits per heavy atom. The summed E-state index contributed by atoms with van der Waals surface area (Å²) in [5.74, 6) is 0.835. The van der Waals surface area contributed by atoms with E-state index in [0.717, 1.165) is 16.8 Å². The van der Waals surface area contributed by atoms with Crippen molar-refractivity contribution in [3.63, 3.8) is 0 Å². The second-order valence-electron chi connectivity index (χ2n) is 6.46. The molecule has 0 fully saturated rings. The van der Waals surface area contributed by atoms with Gasteiger partial charge in [-0.2, -0.15) is 0 Å². The van der Waals surface area contributed by atoms with E-state index in [4.69, 9.17) is 0 Å². The number of aromatic nitrogens is 3. The first kappa shape index (κ1) is 16.9. The van der Waals surface area contributed by atoms with Crippen molar-refractivity contribution in [2.45, 2.75) is 33.1 Å². The standard InChI is InChI=1S/C20H22N4O/c1-13(2)16-10-8-15(9-11-16)12-18-19(25)22-20(24-23-18)21-17-7-5-4-6-14(17)3/h4-11,13H,12H2,1-3H3,(H2,21,22,24,25). The lowest BCUT2D eigenvalue weighted by atomic mass is 10.0. The van der Waals surface area contributed by atoms with Gasteiger partial charge in [0.1, 0.15) is 5.69 Å². The second kappa shape index (κ2) is 7.30. The van der Waals surface area contributed by atoms with Crippen LogP contribution in [0.1, 0.15) is 42.1 Å². The molecule has 2 N–H and O–H groups in total. The first-order valence-corrected chi connectivity index (χ1v) is 8.40. The average Bonchev–Trinajstić information content (AvgIpc) is 2.60. The molecule has 0 amide bonds. The van der Waals surface area contributed by atoms with Crippen molar-refractivity contribution < 1.29 is 0 Å². The molecule has 0 aliphatic carbocycles. The molecular formula is C20H22N4O. The van der Waals surface area contributed by atoms with Crippen LogP contribution in [0.2, 0.25) is 0 Å². The molecule has 0 saturated carbocycles. The van der Waals surface area contributed by atoms with E-state index < -0.39 is 0 Å². The summed E-state index contributed by atoms with van der Waals surface area (Å²) >= 11 is 0. The highest BCUT2D eigenvalue weighted by atomic mass is 16.1. The van der Waals surface area contributed by atoms with Crippen molar-refractivity contribution in [2.24, 2.45) is 0 Å². The highest BCUT2D eigenvalue weighted by Gasteiger charge is 2.08. The topological polar surface area (TPSA) is 70.7 Å². The number of aryl methyl sites for hydroxylation is 1. The van der Waals surface area contributed by atoms with Gasteiger partial charge in [0.25, 0.3) is 5.56 Å². The molecule has 3 aromatic rings. The van der Waals surface area contributed by atoms with Gasteiger partial charge in [0.05, 0.1) is 0 Å². The van der Waals surface area contributed by atoms with Gasteiger partial charge in [0.2, 0.25) is 5.95 Å². The van der Waals surface area contributed by atoms with Crippen LogP contribution in [0.25, 0.3) is 0 Å². The van der Waals surface area contributed by atoms with Gasteiger partial charge in [-0.05, 0) is 35.6 Å². The summed E-state index contributed by atoms with van der Waals surface area (Å²) in [6.07, 6.45) is 0.464. The summed E-state index contributed by atoms with van der Waals surface area (Å²) in [7, 11) is 0. The zero-order valence-corrected chi connectivity index (χ0v) is 14.7. The Balaban J connectivity index is 1.76. The van der Waals surface area contributed by atoms with Crippen LogP contribution in [0.5, 0.6) is 0 Å². The van der Waals surface area contributed by atoms with Gasteiger partial charge in [-0.3, -0.25) is 9.78 Å². The van der Waals surface area contributed by atoms with Crippen LogP contribution in [-0.4, -0.2) is 15.2 Å². The molecule has 0 bridgehead atoms. The van der Waals surface area contributed by atoms with Crippen molar-refractivity contribution in [1.29, 1.82) is 0 Å². The number of benzene rings is 2. The third-order valence-electron chi connectivity index (χ3n) is 4.18. The van der Waals surface area contributed by atoms with Crippen molar-refractivity contribution >= 4 is 11.6 Å². The molecule has 0 saturated heterocycles. The maximum Gasteiger partial charge on any atom is 0.274 e. The van der Waals surface area contributed by atoms with Gasteiger partial charge in [-0.15, -0.1) is 10.2 Å². The molecule has 0 radical (unpaired) electrons. The highest BCUT2D eigenvalue weighted by molar-refractivity contribution is 5.57. The van der Waals surface area contributed by atoms with E-state index in [1.54, 1.807) is 0 Å². The largest absolute Gasteiger partial charge is 0.324 e. The fourth-order valence-corrected chi connectivity index (χ4v) is 2.59. The average molecular weight is 334 g/mol. The molecule has 1 aromatic heterocycles. The first-order valence-electron chi connectivity index (χ1n) is 8.40. The van der Waals surface area contributed by atoms with E-state index >= 15 is 0 Å². The molecule has 5 nitrogen and oxygen atoms in total. The Labute approximate surface area is 147 Å². The summed E-state index contributed by atoms with van der Waals surface area (Å²) < 4.78 is 0. The predicted molar refractivity (Wildman–Crippen MR) is 100 cm³/mol. The first-order chi connectivity index (χ1) is 12.0. The molecule has 5 heteroatoms. The number of nitrogens with zero attached hydrogens (tertiary/aromatic N) is 2. The number of aromatic amines is 1. The number of anilines is 2. The number of para-hydroxylation sites is 1. The molecule has 1 heterocycles. The van der Waals surface area contributed by atoms with Gasteiger partial charge in [-0.25, -0.2) is 0 Å². The minimum Gasteiger partial charge on any atom is -0.324 e. The number of hydrogen-bond acceptors (Lipinski definition) is 4. The van der Waals surface area contributed by atoms with E-state index in [-0.39, 0.29) is 5.56 Å². The maximum atomic E-state index is 12.3. The zero-order valence-electron chi connectivity index (χ0n) is 14.7. The molecule has 0 atom stereocenters. The van der Waals surface area contributed by atoms with Gasteiger partial charge in [0, 0.05) is 12.1 Å². The van der Waals surface area contributed by atoms with Gasteiger partial charge < -0.3 is 5.32 Å². The maximum absolute atomic E-state index is 12.3. The van der Waals surface area contributed by atoms with E-state index in [2.05, 4.69) is 46.5 Å². The van der Waals surface area contributed by atoms with Crippen LogP contribution < -0.4 is 10.9 Å². The van der Waals surface area contributed by atoms with Crippen molar-refractivity contribution in [1.82, 2.24) is 15.2 Å². The number of H-pyrrole nitrogens is 1. The van der Waals surface area contributed by atoms with Gasteiger partial charge >= 0.3 is 0 Å². The molecule has 128 valence electrons. The Hall–Kier alpha value is -2.95. The number of nitrogens with one attached hydrogen (secondary N) is 2. The zero-order chi connectivity index (χ0) is 17.8. The molecule has 0 aliphatic heterocycles. The Bertz CT molecular complexity index is 913. The Morgan fingerprint density at radius 2 is 1.76 bits per heavy atom. The van der Waals surface area contributed by atoms with E-state index in [9.17, 15) is 4.79 Å². The fraction of sp³-hybridized carbons (Fsp3) is 0.250. The van der Waals surface area contributed by atoms with Gasteiger partial charge in [0.15, 0.2) is 0 Å². The lowest BCUT2D eigenvalue weighted by molar-refractivity contribution is 0.858. The van der Waals surface area contributed by atoms with Crippen LogP contribution in [0.15, 0.2) is 53.3 Å². The minimum absolute atomic E-state index is 0.223. The van der Waals surface area contributed by atoms with Crippen LogP contribution >= 0.6 is 0 Å². The van der Waals surface area contributed by atoms with Crippen LogP contribution in [0, 0.1) is 6.92 Å². The van der Waals surface area contributed by atoms with Crippen LogP contribution in [0.4, 0.5) is 11.6 Å². The van der Waals surface area contributed by atoms with E-state index in [1.165, 1.54) is 5.56 Å². The normalized spacial score (nSPS) is 10.9. The smallest absolute Gasteiger partial charge is 0.274 e. The van der Waals surface area contributed by atoms with E-state index in [1.807, 2.05) is 43.3 Å². The van der Waals surface area contributed by atoms with E-state index in [0.29, 0.717) is 24.0 Å². The molecule has 3 rings (SSSR count). The number of hydrogen-bond donors (Lipinski definition) is 2. The molecule has 0 unspecified atom stereocenters.